The number of benzene rings is 2. The van der Waals surface area contributed by atoms with Gasteiger partial charge >= 0.3 is 23.9 Å². The molecule has 0 heterocycles. The molecule has 0 aliphatic rings. The van der Waals surface area contributed by atoms with Gasteiger partial charge in [0.05, 0.1) is 11.5 Å². The van der Waals surface area contributed by atoms with Gasteiger partial charge < -0.3 is 18.9 Å². The van der Waals surface area contributed by atoms with Gasteiger partial charge in [0.25, 0.3) is 0 Å². The number of rotatable bonds is 10. The molecule has 0 saturated heterocycles. The highest BCUT2D eigenvalue weighted by molar-refractivity contribution is 5.91. The molecular weight excluding hydrogens is 452 g/mol. The molecule has 0 aliphatic heterocycles. The second-order valence-corrected chi connectivity index (χ2v) is 8.04. The molecule has 0 saturated carbocycles. The number of hydrogen-bond donors (Lipinski definition) is 0. The first-order valence-electron chi connectivity index (χ1n) is 10.8. The van der Waals surface area contributed by atoms with Gasteiger partial charge in [0, 0.05) is 11.1 Å². The summed E-state index contributed by atoms with van der Waals surface area (Å²) in [4.78, 5) is 47.7. The molecule has 0 fully saturated rings. The molecule has 0 radical (unpaired) electrons. The lowest BCUT2D eigenvalue weighted by molar-refractivity contribution is -0.140. The minimum atomic E-state index is -0.656. The maximum absolute atomic E-state index is 12.2. The Labute approximate surface area is 204 Å². The highest BCUT2D eigenvalue weighted by Crippen LogP contribution is 2.34. The van der Waals surface area contributed by atoms with Gasteiger partial charge in [0.1, 0.15) is 13.2 Å². The molecule has 8 heteroatoms. The predicted octanol–water partition coefficient (Wildman–Crippen LogP) is 4.67. The molecule has 0 aliphatic carbocycles. The van der Waals surface area contributed by atoms with Gasteiger partial charge in [-0.25, -0.2) is 14.4 Å². The largest absolute Gasteiger partial charge is 0.459 e. The topological polar surface area (TPSA) is 105 Å². The van der Waals surface area contributed by atoms with Gasteiger partial charge in [-0.2, -0.15) is 0 Å². The Morgan fingerprint density at radius 2 is 1.31 bits per heavy atom. The van der Waals surface area contributed by atoms with Crippen LogP contribution in [0.25, 0.3) is 11.1 Å². The van der Waals surface area contributed by atoms with Crippen molar-refractivity contribution in [3.8, 4) is 22.6 Å². The molecular formula is C27H28O8. The summed E-state index contributed by atoms with van der Waals surface area (Å²) >= 11 is 0. The Hall–Kier alpha value is -4.20. The number of carbonyl (C=O) groups is 4. The Morgan fingerprint density at radius 3 is 1.89 bits per heavy atom. The van der Waals surface area contributed by atoms with Crippen molar-refractivity contribution in [2.45, 2.75) is 27.7 Å². The Bertz CT molecular complexity index is 1140. The zero-order valence-electron chi connectivity index (χ0n) is 20.2. The smallest absolute Gasteiger partial charge is 0.338 e. The molecule has 0 N–H and O–H groups in total. The summed E-state index contributed by atoms with van der Waals surface area (Å²) in [6.07, 6.45) is 0. The van der Waals surface area contributed by atoms with Crippen molar-refractivity contribution in [1.82, 2.24) is 0 Å². The molecule has 0 unspecified atom stereocenters. The van der Waals surface area contributed by atoms with Gasteiger partial charge in [0.15, 0.2) is 11.5 Å². The summed E-state index contributed by atoms with van der Waals surface area (Å²) in [5.41, 5.74) is 2.12. The van der Waals surface area contributed by atoms with Crippen molar-refractivity contribution in [1.29, 1.82) is 0 Å². The van der Waals surface area contributed by atoms with E-state index in [0.29, 0.717) is 16.7 Å². The third-order valence-electron chi connectivity index (χ3n) is 4.53. The average molecular weight is 481 g/mol. The molecule has 0 atom stereocenters. The molecule has 2 aromatic rings. The Kier molecular flexibility index (Phi) is 9.52. The third-order valence-corrected chi connectivity index (χ3v) is 4.53. The van der Waals surface area contributed by atoms with Gasteiger partial charge in [-0.15, -0.1) is 0 Å². The lowest BCUT2D eigenvalue weighted by Crippen LogP contribution is -2.16. The molecule has 2 aromatic carbocycles. The summed E-state index contributed by atoms with van der Waals surface area (Å²) in [7, 11) is 0. The lowest BCUT2D eigenvalue weighted by atomic mass is 10.0. The van der Waals surface area contributed by atoms with Crippen LogP contribution in [0.1, 0.15) is 38.1 Å². The summed E-state index contributed by atoms with van der Waals surface area (Å²) in [6.45, 7) is 13.3. The molecule has 8 nitrogen and oxygen atoms in total. The van der Waals surface area contributed by atoms with E-state index in [1.165, 1.54) is 19.9 Å². The van der Waals surface area contributed by atoms with E-state index in [2.05, 4.69) is 13.2 Å². The predicted molar refractivity (Wildman–Crippen MR) is 129 cm³/mol. The number of hydrogen-bond acceptors (Lipinski definition) is 8. The minimum Gasteiger partial charge on any atom is -0.459 e. The van der Waals surface area contributed by atoms with Crippen molar-refractivity contribution in [3.63, 3.8) is 0 Å². The lowest BCUT2D eigenvalue weighted by Gasteiger charge is -2.13. The quantitative estimate of drug-likeness (QED) is 0.209. The van der Waals surface area contributed by atoms with E-state index in [4.69, 9.17) is 18.9 Å². The highest BCUT2D eigenvalue weighted by Gasteiger charge is 2.18. The van der Waals surface area contributed by atoms with Crippen LogP contribution in [-0.2, 0) is 23.9 Å². The summed E-state index contributed by atoms with van der Waals surface area (Å²) in [5.74, 6) is -2.45. The van der Waals surface area contributed by atoms with E-state index < -0.39 is 23.9 Å². The van der Waals surface area contributed by atoms with Crippen molar-refractivity contribution in [2.75, 3.05) is 13.2 Å². The number of ether oxygens (including phenoxy) is 4. The number of carbonyl (C=O) groups excluding carboxylic acids is 4. The van der Waals surface area contributed by atoms with Crippen LogP contribution in [0.5, 0.6) is 11.5 Å². The fourth-order valence-electron chi connectivity index (χ4n) is 2.54. The fourth-order valence-corrected chi connectivity index (χ4v) is 2.54. The molecule has 0 bridgehead atoms. The first kappa shape index (κ1) is 27.0. The SMILES string of the molecule is C=C(C)C(=O)OCCOC(=O)c1ccc(-c2ccc(OC(=O)C(C)C)c(OC(=O)C(=C)C)c2)cc1. The second kappa shape index (κ2) is 12.3. The summed E-state index contributed by atoms with van der Waals surface area (Å²) in [5, 5.41) is 0. The first-order valence-corrected chi connectivity index (χ1v) is 10.8. The van der Waals surface area contributed by atoms with Crippen molar-refractivity contribution in [3.05, 3.63) is 72.3 Å². The minimum absolute atomic E-state index is 0.0669. The highest BCUT2D eigenvalue weighted by atomic mass is 16.6. The Morgan fingerprint density at radius 1 is 0.743 bits per heavy atom. The van der Waals surface area contributed by atoms with Crippen LogP contribution in [0.4, 0.5) is 0 Å². The molecule has 184 valence electrons. The standard InChI is InChI=1S/C27H28O8/c1-16(2)24(28)32-13-14-33-27(31)20-9-7-19(8-10-20)21-11-12-22(34-25(29)17(3)4)23(15-21)35-26(30)18(5)6/h7-12,15,17H,1,5,13-14H2,2-4,6H3. The van der Waals surface area contributed by atoms with Crippen LogP contribution in [0.2, 0.25) is 0 Å². The van der Waals surface area contributed by atoms with E-state index >= 15 is 0 Å². The van der Waals surface area contributed by atoms with Crippen LogP contribution in [0.3, 0.4) is 0 Å². The molecule has 2 rings (SSSR count). The third kappa shape index (κ3) is 7.96. The average Bonchev–Trinajstić information content (AvgIpc) is 2.82. The first-order chi connectivity index (χ1) is 16.5. The van der Waals surface area contributed by atoms with Crippen LogP contribution >= 0.6 is 0 Å². The van der Waals surface area contributed by atoms with Crippen molar-refractivity contribution >= 4 is 23.9 Å². The Balaban J connectivity index is 2.16. The molecule has 0 aromatic heterocycles. The van der Waals surface area contributed by atoms with E-state index in [-0.39, 0.29) is 41.8 Å². The van der Waals surface area contributed by atoms with Gasteiger partial charge in [-0.3, -0.25) is 4.79 Å². The maximum Gasteiger partial charge on any atom is 0.338 e. The van der Waals surface area contributed by atoms with Crippen LogP contribution < -0.4 is 9.47 Å². The summed E-state index contributed by atoms with van der Waals surface area (Å²) < 4.78 is 20.7. The molecule has 35 heavy (non-hydrogen) atoms. The van der Waals surface area contributed by atoms with E-state index in [1.54, 1.807) is 50.2 Å². The van der Waals surface area contributed by atoms with Crippen molar-refractivity contribution < 1.29 is 38.1 Å². The molecule has 0 amide bonds. The zero-order chi connectivity index (χ0) is 26.1. The summed E-state index contributed by atoms with van der Waals surface area (Å²) in [6, 6.07) is 11.3. The number of esters is 4. The second-order valence-electron chi connectivity index (χ2n) is 8.04. The zero-order valence-corrected chi connectivity index (χ0v) is 20.2. The van der Waals surface area contributed by atoms with E-state index in [9.17, 15) is 19.2 Å². The fraction of sp³-hybridized carbons (Fsp3) is 0.259. The van der Waals surface area contributed by atoms with Crippen LogP contribution in [-0.4, -0.2) is 37.1 Å². The van der Waals surface area contributed by atoms with Gasteiger partial charge in [-0.1, -0.05) is 45.2 Å². The normalized spacial score (nSPS) is 10.3. The van der Waals surface area contributed by atoms with Crippen molar-refractivity contribution in [2.24, 2.45) is 5.92 Å². The molecule has 0 spiro atoms. The monoisotopic (exact) mass is 480 g/mol. The van der Waals surface area contributed by atoms with Gasteiger partial charge in [-0.05, 0) is 49.2 Å². The van der Waals surface area contributed by atoms with E-state index in [0.717, 1.165) is 0 Å². The van der Waals surface area contributed by atoms with Crippen LogP contribution in [0, 0.1) is 5.92 Å². The maximum atomic E-state index is 12.2. The van der Waals surface area contributed by atoms with E-state index in [1.807, 2.05) is 0 Å². The van der Waals surface area contributed by atoms with Gasteiger partial charge in [0.2, 0.25) is 0 Å². The van der Waals surface area contributed by atoms with Crippen LogP contribution in [0.15, 0.2) is 66.8 Å².